The summed E-state index contributed by atoms with van der Waals surface area (Å²) in [6, 6.07) is -0.226. The van der Waals surface area contributed by atoms with Gasteiger partial charge in [-0.25, -0.2) is 9.59 Å². The van der Waals surface area contributed by atoms with E-state index in [2.05, 4.69) is 19.2 Å². The van der Waals surface area contributed by atoms with Crippen LogP contribution in [0.5, 0.6) is 0 Å². The molecular weight excluding hydrogens is 252 g/mol. The van der Waals surface area contributed by atoms with E-state index in [0.29, 0.717) is 36.4 Å². The lowest BCUT2D eigenvalue weighted by atomic mass is 9.77. The number of thioether (sulfide) groups is 1. The van der Waals surface area contributed by atoms with Crippen LogP contribution in [0.1, 0.15) is 33.1 Å². The molecule has 5 nitrogen and oxygen atoms in total. The van der Waals surface area contributed by atoms with Crippen LogP contribution in [-0.4, -0.2) is 51.1 Å². The minimum atomic E-state index is -1.01. The second kappa shape index (κ2) is 4.99. The summed E-state index contributed by atoms with van der Waals surface area (Å²) in [4.78, 5) is 25.1. The Morgan fingerprint density at radius 2 is 1.83 bits per heavy atom. The number of nitrogens with zero attached hydrogens (tertiary/aromatic N) is 1. The third-order valence-electron chi connectivity index (χ3n) is 3.67. The van der Waals surface area contributed by atoms with Crippen molar-refractivity contribution in [3.63, 3.8) is 0 Å². The summed E-state index contributed by atoms with van der Waals surface area (Å²) < 4.78 is 0. The number of hydrogen-bond acceptors (Lipinski definition) is 3. The quantitative estimate of drug-likeness (QED) is 0.800. The van der Waals surface area contributed by atoms with E-state index in [9.17, 15) is 14.7 Å². The fourth-order valence-corrected chi connectivity index (χ4v) is 3.88. The number of hydrogen-bond donors (Lipinski definition) is 2. The maximum Gasteiger partial charge on any atom is 0.329 e. The second-order valence-electron chi connectivity index (χ2n) is 5.33. The first-order chi connectivity index (χ1) is 8.43. The lowest BCUT2D eigenvalue weighted by molar-refractivity contribution is -0.148. The molecule has 18 heavy (non-hydrogen) atoms. The molecule has 0 aromatic carbocycles. The van der Waals surface area contributed by atoms with Gasteiger partial charge in [-0.05, 0) is 19.3 Å². The number of carboxylic acid groups (broad SMARTS) is 1. The van der Waals surface area contributed by atoms with Crippen LogP contribution in [0.15, 0.2) is 0 Å². The van der Waals surface area contributed by atoms with Gasteiger partial charge in [-0.15, -0.1) is 0 Å². The van der Waals surface area contributed by atoms with Crippen LogP contribution < -0.4 is 5.32 Å². The predicted octanol–water partition coefficient (Wildman–Crippen LogP) is 1.53. The van der Waals surface area contributed by atoms with E-state index in [0.717, 1.165) is 6.42 Å². The van der Waals surface area contributed by atoms with Crippen molar-refractivity contribution < 1.29 is 14.7 Å². The van der Waals surface area contributed by atoms with Gasteiger partial charge in [0.2, 0.25) is 0 Å². The molecule has 0 radical (unpaired) electrons. The molecule has 2 N–H and O–H groups in total. The zero-order valence-electron chi connectivity index (χ0n) is 10.8. The first kappa shape index (κ1) is 13.5. The van der Waals surface area contributed by atoms with E-state index >= 15 is 0 Å². The van der Waals surface area contributed by atoms with Gasteiger partial charge in [0.15, 0.2) is 0 Å². The maximum absolute atomic E-state index is 12.1. The maximum atomic E-state index is 12.1. The smallest absolute Gasteiger partial charge is 0.329 e. The fraction of sp³-hybridized carbons (Fsp3) is 0.833. The molecule has 1 heterocycles. The number of aliphatic carboxylic acids is 1. The van der Waals surface area contributed by atoms with Crippen molar-refractivity contribution >= 4 is 23.8 Å². The Labute approximate surface area is 111 Å². The summed E-state index contributed by atoms with van der Waals surface area (Å²) in [6.45, 7) is 5.57. The first-order valence-electron chi connectivity index (χ1n) is 6.39. The summed E-state index contributed by atoms with van der Waals surface area (Å²) >= 11 is 1.87. The van der Waals surface area contributed by atoms with Crippen LogP contribution in [0.4, 0.5) is 4.79 Å². The Kier molecular flexibility index (Phi) is 3.75. The largest absolute Gasteiger partial charge is 0.480 e. The van der Waals surface area contributed by atoms with Crippen LogP contribution in [0.2, 0.25) is 0 Å². The third-order valence-corrected chi connectivity index (χ3v) is 4.90. The molecule has 2 rings (SSSR count). The van der Waals surface area contributed by atoms with Crippen molar-refractivity contribution in [3.8, 4) is 0 Å². The number of carbonyl (C=O) groups excluding carboxylic acids is 1. The highest BCUT2D eigenvalue weighted by Gasteiger charge is 2.46. The minimum absolute atomic E-state index is 0.226. The minimum Gasteiger partial charge on any atom is -0.480 e. The summed E-state index contributed by atoms with van der Waals surface area (Å²) in [5.74, 6) is -0.908. The number of carbonyl (C=O) groups is 2. The van der Waals surface area contributed by atoms with Crippen LogP contribution >= 0.6 is 11.8 Å². The van der Waals surface area contributed by atoms with Crippen LogP contribution in [0, 0.1) is 0 Å². The Bertz CT molecular complexity index is 347. The van der Waals surface area contributed by atoms with E-state index in [1.165, 1.54) is 0 Å². The Morgan fingerprint density at radius 3 is 2.22 bits per heavy atom. The highest BCUT2D eigenvalue weighted by Crippen LogP contribution is 2.33. The highest BCUT2D eigenvalue weighted by atomic mass is 32.2. The SMILES string of the molecule is CC1CN(C(=O)NC2(C(=O)O)CCC2)CC(C)S1. The molecular formula is C12H20N2O3S. The lowest BCUT2D eigenvalue weighted by Crippen LogP contribution is -2.62. The summed E-state index contributed by atoms with van der Waals surface area (Å²) in [6.07, 6.45) is 1.96. The van der Waals surface area contributed by atoms with Crippen LogP contribution in [-0.2, 0) is 4.79 Å². The monoisotopic (exact) mass is 272 g/mol. The van der Waals surface area contributed by atoms with Crippen molar-refractivity contribution in [1.82, 2.24) is 10.2 Å². The molecule has 2 atom stereocenters. The Morgan fingerprint density at radius 1 is 1.28 bits per heavy atom. The van der Waals surface area contributed by atoms with E-state index in [-0.39, 0.29) is 6.03 Å². The fourth-order valence-electron chi connectivity index (χ4n) is 2.55. The van der Waals surface area contributed by atoms with Crippen molar-refractivity contribution in [2.75, 3.05) is 13.1 Å². The summed E-state index contributed by atoms with van der Waals surface area (Å²) in [5.41, 5.74) is -1.01. The number of amides is 2. The van der Waals surface area contributed by atoms with E-state index in [1.807, 2.05) is 11.8 Å². The molecule has 1 aliphatic heterocycles. The molecule has 2 fully saturated rings. The second-order valence-corrected chi connectivity index (χ2v) is 7.21. The molecule has 102 valence electrons. The molecule has 2 amide bonds. The van der Waals surface area contributed by atoms with Gasteiger partial charge >= 0.3 is 12.0 Å². The summed E-state index contributed by atoms with van der Waals surface area (Å²) in [5, 5.41) is 12.7. The van der Waals surface area contributed by atoms with E-state index in [1.54, 1.807) is 4.90 Å². The molecule has 0 aromatic rings. The molecule has 0 spiro atoms. The Hall–Kier alpha value is -0.910. The molecule has 2 unspecified atom stereocenters. The van der Waals surface area contributed by atoms with Gasteiger partial charge in [-0.2, -0.15) is 11.8 Å². The number of urea groups is 1. The summed E-state index contributed by atoms with van der Waals surface area (Å²) in [7, 11) is 0. The molecule has 1 saturated heterocycles. The standard InChI is InChI=1S/C12H20N2O3S/c1-8-6-14(7-9(2)18-8)11(17)13-12(10(15)16)4-3-5-12/h8-9H,3-7H2,1-2H3,(H,13,17)(H,15,16). The van der Waals surface area contributed by atoms with E-state index in [4.69, 9.17) is 0 Å². The zero-order valence-corrected chi connectivity index (χ0v) is 11.6. The van der Waals surface area contributed by atoms with Gasteiger partial charge in [-0.3, -0.25) is 0 Å². The van der Waals surface area contributed by atoms with Crippen LogP contribution in [0.25, 0.3) is 0 Å². The van der Waals surface area contributed by atoms with Gasteiger partial charge in [0.25, 0.3) is 0 Å². The van der Waals surface area contributed by atoms with E-state index < -0.39 is 11.5 Å². The van der Waals surface area contributed by atoms with Gasteiger partial charge in [-0.1, -0.05) is 13.8 Å². The van der Waals surface area contributed by atoms with Crippen molar-refractivity contribution in [2.45, 2.75) is 49.1 Å². The molecule has 6 heteroatoms. The number of carboxylic acids is 1. The van der Waals surface area contributed by atoms with Crippen molar-refractivity contribution in [3.05, 3.63) is 0 Å². The molecule has 0 aromatic heterocycles. The molecule has 1 aliphatic carbocycles. The van der Waals surface area contributed by atoms with Crippen LogP contribution in [0.3, 0.4) is 0 Å². The van der Waals surface area contributed by atoms with Crippen molar-refractivity contribution in [2.24, 2.45) is 0 Å². The average molecular weight is 272 g/mol. The Balaban J connectivity index is 1.97. The number of nitrogens with one attached hydrogen (secondary N) is 1. The van der Waals surface area contributed by atoms with Gasteiger partial charge in [0, 0.05) is 23.6 Å². The number of rotatable bonds is 2. The first-order valence-corrected chi connectivity index (χ1v) is 7.33. The zero-order chi connectivity index (χ0) is 13.3. The van der Waals surface area contributed by atoms with Crippen molar-refractivity contribution in [1.29, 1.82) is 0 Å². The molecule has 0 bridgehead atoms. The van der Waals surface area contributed by atoms with Gasteiger partial charge in [0.1, 0.15) is 5.54 Å². The molecule has 2 aliphatic rings. The third kappa shape index (κ3) is 2.58. The molecule has 1 saturated carbocycles. The predicted molar refractivity (Wildman–Crippen MR) is 70.8 cm³/mol. The highest BCUT2D eigenvalue weighted by molar-refractivity contribution is 8.00. The average Bonchev–Trinajstić information content (AvgIpc) is 2.21. The normalized spacial score (nSPS) is 30.4. The lowest BCUT2D eigenvalue weighted by Gasteiger charge is -2.41. The van der Waals surface area contributed by atoms with Gasteiger partial charge in [0.05, 0.1) is 0 Å². The topological polar surface area (TPSA) is 69.6 Å². The van der Waals surface area contributed by atoms with Gasteiger partial charge < -0.3 is 15.3 Å².